The van der Waals surface area contributed by atoms with Crippen molar-refractivity contribution in [1.82, 2.24) is 0 Å². The topological polar surface area (TPSA) is 124 Å². The lowest BCUT2D eigenvalue weighted by Gasteiger charge is -2.11. The van der Waals surface area contributed by atoms with Crippen LogP contribution < -0.4 is 16.2 Å². The number of carboxylic acids is 1. The lowest BCUT2D eigenvalue weighted by molar-refractivity contribution is -0.136. The van der Waals surface area contributed by atoms with E-state index in [0.29, 0.717) is 23.4 Å². The van der Waals surface area contributed by atoms with Crippen molar-refractivity contribution in [2.45, 2.75) is 19.6 Å². The Hall–Kier alpha value is -4.36. The number of nitrogens with zero attached hydrogens (tertiary/aromatic N) is 1. The van der Waals surface area contributed by atoms with Crippen LogP contribution in [-0.4, -0.2) is 24.3 Å². The molecule has 4 rings (SSSR count). The van der Waals surface area contributed by atoms with Crippen LogP contribution in [-0.2, 0) is 24.4 Å². The lowest BCUT2D eigenvalue weighted by atomic mass is 9.95. The number of allylic oxidation sites excluding steroid dienone is 1. The van der Waals surface area contributed by atoms with Gasteiger partial charge < -0.3 is 25.7 Å². The maximum absolute atomic E-state index is 11.2. The van der Waals surface area contributed by atoms with Gasteiger partial charge in [-0.05, 0) is 41.0 Å². The molecule has 0 aliphatic carbocycles. The Kier molecular flexibility index (Phi) is 7.28. The van der Waals surface area contributed by atoms with Gasteiger partial charge in [-0.1, -0.05) is 36.4 Å². The molecule has 0 amide bonds. The fourth-order valence-electron chi connectivity index (χ4n) is 4.01. The summed E-state index contributed by atoms with van der Waals surface area (Å²) in [5.41, 5.74) is 18.4. The third kappa shape index (κ3) is 5.26. The molecule has 1 heterocycles. The monoisotopic (exact) mass is 469 g/mol. The molecule has 0 aliphatic rings. The number of carbonyl (C=O) groups is 1. The van der Waals surface area contributed by atoms with Crippen molar-refractivity contribution >= 4 is 28.7 Å². The Balaban J connectivity index is 1.79. The summed E-state index contributed by atoms with van der Waals surface area (Å²) in [6.45, 7) is 0.652. The van der Waals surface area contributed by atoms with Crippen LogP contribution in [0.1, 0.15) is 22.3 Å². The molecule has 0 bridgehead atoms. The van der Waals surface area contributed by atoms with E-state index in [4.69, 9.17) is 20.6 Å². The second-order valence-corrected chi connectivity index (χ2v) is 8.04. The molecule has 178 valence electrons. The Bertz CT molecular complexity index is 1420. The SMILES string of the molecule is CN=C/C(=C\N)c1cc(-c2cccc(CN)c2)cc2c(COc3ccccc3CC(=O)O)coc12. The highest BCUT2D eigenvalue weighted by Gasteiger charge is 2.17. The summed E-state index contributed by atoms with van der Waals surface area (Å²) in [5, 5.41) is 10.1. The predicted octanol–water partition coefficient (Wildman–Crippen LogP) is 4.76. The highest BCUT2D eigenvalue weighted by Crippen LogP contribution is 2.35. The minimum atomic E-state index is -0.914. The van der Waals surface area contributed by atoms with Crippen molar-refractivity contribution in [3.8, 4) is 16.9 Å². The summed E-state index contributed by atoms with van der Waals surface area (Å²) in [4.78, 5) is 15.4. The minimum Gasteiger partial charge on any atom is -0.488 e. The van der Waals surface area contributed by atoms with Gasteiger partial charge in [0.05, 0.1) is 12.7 Å². The quantitative estimate of drug-likeness (QED) is 0.304. The molecule has 0 aliphatic heterocycles. The smallest absolute Gasteiger partial charge is 0.307 e. The molecule has 3 aromatic carbocycles. The van der Waals surface area contributed by atoms with Gasteiger partial charge in [-0.25, -0.2) is 0 Å². The molecular weight excluding hydrogens is 442 g/mol. The summed E-state index contributed by atoms with van der Waals surface area (Å²) < 4.78 is 12.0. The molecule has 7 nitrogen and oxygen atoms in total. The van der Waals surface area contributed by atoms with Crippen LogP contribution in [0.2, 0.25) is 0 Å². The van der Waals surface area contributed by atoms with E-state index in [-0.39, 0.29) is 13.0 Å². The van der Waals surface area contributed by atoms with Crippen molar-refractivity contribution in [2.75, 3.05) is 7.05 Å². The summed E-state index contributed by atoms with van der Waals surface area (Å²) >= 11 is 0. The van der Waals surface area contributed by atoms with Gasteiger partial charge in [0, 0.05) is 53.7 Å². The molecule has 35 heavy (non-hydrogen) atoms. The van der Waals surface area contributed by atoms with Crippen LogP contribution in [0.3, 0.4) is 0 Å². The van der Waals surface area contributed by atoms with Gasteiger partial charge in [-0.15, -0.1) is 0 Å². The molecule has 0 atom stereocenters. The number of rotatable bonds is 9. The van der Waals surface area contributed by atoms with Crippen molar-refractivity contribution in [3.05, 3.63) is 95.4 Å². The molecule has 0 unspecified atom stereocenters. The van der Waals surface area contributed by atoms with E-state index in [0.717, 1.165) is 38.8 Å². The maximum Gasteiger partial charge on any atom is 0.307 e. The second-order valence-electron chi connectivity index (χ2n) is 8.04. The number of para-hydroxylation sites is 1. The highest BCUT2D eigenvalue weighted by molar-refractivity contribution is 6.14. The first-order valence-corrected chi connectivity index (χ1v) is 11.1. The van der Waals surface area contributed by atoms with Crippen LogP contribution in [0, 0.1) is 0 Å². The van der Waals surface area contributed by atoms with E-state index < -0.39 is 5.97 Å². The van der Waals surface area contributed by atoms with Gasteiger partial charge in [0.1, 0.15) is 17.9 Å². The number of fused-ring (bicyclic) bond motifs is 1. The fraction of sp³-hybridized carbons (Fsp3) is 0.143. The third-order valence-corrected chi connectivity index (χ3v) is 5.71. The third-order valence-electron chi connectivity index (χ3n) is 5.71. The van der Waals surface area contributed by atoms with E-state index in [2.05, 4.69) is 17.1 Å². The molecule has 0 saturated heterocycles. The first kappa shape index (κ1) is 23.8. The van der Waals surface area contributed by atoms with E-state index in [1.165, 1.54) is 6.20 Å². The van der Waals surface area contributed by atoms with Gasteiger partial charge in [-0.2, -0.15) is 0 Å². The normalized spacial score (nSPS) is 11.9. The Labute approximate surface area is 203 Å². The first-order valence-electron chi connectivity index (χ1n) is 11.1. The maximum atomic E-state index is 11.2. The average molecular weight is 470 g/mol. The van der Waals surface area contributed by atoms with Crippen LogP contribution in [0.25, 0.3) is 27.7 Å². The average Bonchev–Trinajstić information content (AvgIpc) is 3.29. The Morgan fingerprint density at radius 1 is 1.09 bits per heavy atom. The van der Waals surface area contributed by atoms with Crippen LogP contribution in [0.15, 0.2) is 82.5 Å². The number of hydrogen-bond donors (Lipinski definition) is 3. The summed E-state index contributed by atoms with van der Waals surface area (Å²) in [5.74, 6) is -0.389. The molecule has 0 fully saturated rings. The number of nitrogens with two attached hydrogens (primary N) is 2. The molecule has 4 aromatic rings. The molecule has 5 N–H and O–H groups in total. The van der Waals surface area contributed by atoms with E-state index in [1.54, 1.807) is 37.7 Å². The van der Waals surface area contributed by atoms with Gasteiger partial charge in [0.2, 0.25) is 0 Å². The van der Waals surface area contributed by atoms with Gasteiger partial charge in [0.15, 0.2) is 0 Å². The number of benzene rings is 3. The summed E-state index contributed by atoms with van der Waals surface area (Å²) in [7, 11) is 1.69. The Morgan fingerprint density at radius 3 is 2.66 bits per heavy atom. The number of aliphatic carboxylic acids is 1. The molecular formula is C28H27N3O4. The van der Waals surface area contributed by atoms with Crippen molar-refractivity contribution in [3.63, 3.8) is 0 Å². The number of hydrogen-bond acceptors (Lipinski definition) is 6. The van der Waals surface area contributed by atoms with Gasteiger partial charge in [0.25, 0.3) is 0 Å². The van der Waals surface area contributed by atoms with E-state index >= 15 is 0 Å². The number of carboxylic acid groups (broad SMARTS) is 1. The van der Waals surface area contributed by atoms with E-state index in [1.807, 2.05) is 30.3 Å². The summed E-state index contributed by atoms with van der Waals surface area (Å²) in [6.07, 6.45) is 4.73. The summed E-state index contributed by atoms with van der Waals surface area (Å²) in [6, 6.07) is 19.3. The van der Waals surface area contributed by atoms with E-state index in [9.17, 15) is 9.90 Å². The van der Waals surface area contributed by atoms with Crippen LogP contribution in [0.4, 0.5) is 0 Å². The van der Waals surface area contributed by atoms with Crippen molar-refractivity contribution in [1.29, 1.82) is 0 Å². The molecule has 0 spiro atoms. The van der Waals surface area contributed by atoms with Crippen molar-refractivity contribution in [2.24, 2.45) is 16.5 Å². The largest absolute Gasteiger partial charge is 0.488 e. The van der Waals surface area contributed by atoms with Gasteiger partial charge in [-0.3, -0.25) is 9.79 Å². The minimum absolute atomic E-state index is 0.116. The van der Waals surface area contributed by atoms with Crippen molar-refractivity contribution < 1.29 is 19.1 Å². The number of furan rings is 1. The number of aliphatic imine (C=N–C) groups is 1. The fourth-order valence-corrected chi connectivity index (χ4v) is 4.01. The predicted molar refractivity (Wildman–Crippen MR) is 138 cm³/mol. The first-order chi connectivity index (χ1) is 17.0. The van der Waals surface area contributed by atoms with Crippen LogP contribution >= 0.6 is 0 Å². The number of ether oxygens (including phenoxy) is 1. The lowest BCUT2D eigenvalue weighted by Crippen LogP contribution is -2.04. The zero-order valence-electron chi connectivity index (χ0n) is 19.4. The molecule has 1 aromatic heterocycles. The Morgan fingerprint density at radius 2 is 1.91 bits per heavy atom. The zero-order chi connectivity index (χ0) is 24.8. The van der Waals surface area contributed by atoms with Gasteiger partial charge >= 0.3 is 5.97 Å². The second kappa shape index (κ2) is 10.7. The zero-order valence-corrected chi connectivity index (χ0v) is 19.4. The molecule has 7 heteroatoms. The standard InChI is InChI=1S/C28H27N3O4/c1-31-15-22(14-30)24-10-21(19-7-4-5-18(9-19)13-29)11-25-23(17-35-28(24)25)16-34-26-8-3-2-6-20(26)12-27(32)33/h2-11,14-15,17H,12-13,16,29-30H2,1H3,(H,32,33)/b22-14+,31-15?. The molecule has 0 radical (unpaired) electrons. The highest BCUT2D eigenvalue weighted by atomic mass is 16.5. The molecule has 0 saturated carbocycles. The van der Waals surface area contributed by atoms with Crippen LogP contribution in [0.5, 0.6) is 5.75 Å².